The van der Waals surface area contributed by atoms with Crippen LogP contribution in [0.1, 0.15) is 43.4 Å². The summed E-state index contributed by atoms with van der Waals surface area (Å²) in [7, 11) is 1.17. The highest BCUT2D eigenvalue weighted by Gasteiger charge is 2.34. The summed E-state index contributed by atoms with van der Waals surface area (Å²) in [5.41, 5.74) is 2.04. The number of nitrogens with zero attached hydrogens (tertiary/aromatic N) is 2. The van der Waals surface area contributed by atoms with Crippen molar-refractivity contribution in [3.8, 4) is 5.75 Å². The minimum Gasteiger partial charge on any atom is -0.496 e. The second kappa shape index (κ2) is 9.03. The number of rotatable bonds is 7. The van der Waals surface area contributed by atoms with Crippen LogP contribution in [-0.4, -0.2) is 57.2 Å². The van der Waals surface area contributed by atoms with Gasteiger partial charge in [-0.1, -0.05) is 19.1 Å². The molecule has 1 N–H and O–H groups in total. The molecule has 1 fully saturated rings. The van der Waals surface area contributed by atoms with Gasteiger partial charge >= 0.3 is 0 Å². The van der Waals surface area contributed by atoms with Crippen molar-refractivity contribution in [3.63, 3.8) is 0 Å². The summed E-state index contributed by atoms with van der Waals surface area (Å²) in [6.07, 6.45) is 2.14. The quantitative estimate of drug-likeness (QED) is 0.764. The van der Waals surface area contributed by atoms with E-state index in [0.29, 0.717) is 19.4 Å². The Morgan fingerprint density at radius 3 is 2.67 bits per heavy atom. The van der Waals surface area contributed by atoms with Crippen LogP contribution in [0.4, 0.5) is 0 Å². The number of ether oxygens (including phenoxy) is 1. The van der Waals surface area contributed by atoms with E-state index in [4.69, 9.17) is 4.74 Å². The molecular weight excluding hydrogens is 366 g/mol. The maximum Gasteiger partial charge on any atom is 0.281 e. The SMILES string of the molecule is CC[C@@H](NC(=O)[C@H]1CCCN(S(=O)(=O)N(C)C)C1)c1ccc(OC)c(C)c1. The molecule has 8 heteroatoms. The average molecular weight is 398 g/mol. The highest BCUT2D eigenvalue weighted by atomic mass is 32.2. The van der Waals surface area contributed by atoms with Crippen molar-refractivity contribution in [1.82, 2.24) is 13.9 Å². The minimum absolute atomic E-state index is 0.0889. The molecule has 152 valence electrons. The average Bonchev–Trinajstić information content (AvgIpc) is 2.65. The van der Waals surface area contributed by atoms with Crippen LogP contribution >= 0.6 is 0 Å². The fourth-order valence-electron chi connectivity index (χ4n) is 3.43. The number of aryl methyl sites for hydroxylation is 1. The third-order valence-electron chi connectivity index (χ3n) is 5.09. The Balaban J connectivity index is 2.09. The molecule has 0 aromatic heterocycles. The van der Waals surface area contributed by atoms with Crippen LogP contribution in [0.15, 0.2) is 18.2 Å². The highest BCUT2D eigenvalue weighted by molar-refractivity contribution is 7.86. The third-order valence-corrected chi connectivity index (χ3v) is 7.00. The zero-order valence-electron chi connectivity index (χ0n) is 16.9. The minimum atomic E-state index is -3.49. The van der Waals surface area contributed by atoms with Gasteiger partial charge in [-0.25, -0.2) is 0 Å². The lowest BCUT2D eigenvalue weighted by atomic mass is 9.96. The van der Waals surface area contributed by atoms with Gasteiger partial charge in [0, 0.05) is 27.2 Å². The van der Waals surface area contributed by atoms with Gasteiger partial charge in [-0.15, -0.1) is 0 Å². The maximum absolute atomic E-state index is 12.8. The number of carbonyl (C=O) groups is 1. The van der Waals surface area contributed by atoms with Crippen molar-refractivity contribution in [3.05, 3.63) is 29.3 Å². The summed E-state index contributed by atoms with van der Waals surface area (Å²) < 4.78 is 32.6. The number of piperidine rings is 1. The Morgan fingerprint density at radius 1 is 1.41 bits per heavy atom. The molecule has 0 radical (unpaired) electrons. The fraction of sp³-hybridized carbons (Fsp3) is 0.632. The van der Waals surface area contributed by atoms with Crippen molar-refractivity contribution >= 4 is 16.1 Å². The van der Waals surface area contributed by atoms with Gasteiger partial charge in [-0.3, -0.25) is 4.79 Å². The maximum atomic E-state index is 12.8. The largest absolute Gasteiger partial charge is 0.496 e. The van der Waals surface area contributed by atoms with Crippen molar-refractivity contribution in [1.29, 1.82) is 0 Å². The van der Waals surface area contributed by atoms with Crippen LogP contribution in [0.3, 0.4) is 0 Å². The van der Waals surface area contributed by atoms with Gasteiger partial charge in [0.15, 0.2) is 0 Å². The summed E-state index contributed by atoms with van der Waals surface area (Å²) in [4.78, 5) is 12.8. The molecule has 1 aromatic rings. The van der Waals surface area contributed by atoms with Crippen LogP contribution in [-0.2, 0) is 15.0 Å². The van der Waals surface area contributed by atoms with E-state index in [0.717, 1.165) is 23.3 Å². The number of carbonyl (C=O) groups excluding carboxylic acids is 1. The standard InChI is InChI=1S/C19H31N3O4S/c1-6-17(15-9-10-18(26-5)14(2)12-15)20-19(23)16-8-7-11-22(13-16)27(24,25)21(3)4/h9-10,12,16-17H,6-8,11,13H2,1-5H3,(H,20,23)/t16-,17+/m0/s1. The van der Waals surface area contributed by atoms with Crippen LogP contribution < -0.4 is 10.1 Å². The van der Waals surface area contributed by atoms with Gasteiger partial charge < -0.3 is 10.1 Å². The zero-order valence-corrected chi connectivity index (χ0v) is 17.7. The van der Waals surface area contributed by atoms with Gasteiger partial charge in [0.1, 0.15) is 5.75 Å². The smallest absolute Gasteiger partial charge is 0.281 e. The monoisotopic (exact) mass is 397 g/mol. The summed E-state index contributed by atoms with van der Waals surface area (Å²) in [6.45, 7) is 4.68. The summed E-state index contributed by atoms with van der Waals surface area (Å²) >= 11 is 0. The fourth-order valence-corrected chi connectivity index (χ4v) is 4.62. The lowest BCUT2D eigenvalue weighted by molar-refractivity contribution is -0.126. The van der Waals surface area contributed by atoms with Crippen LogP contribution in [0.2, 0.25) is 0 Å². The van der Waals surface area contributed by atoms with Gasteiger partial charge in [0.05, 0.1) is 19.1 Å². The molecule has 1 amide bonds. The Bertz CT molecular complexity index is 764. The third kappa shape index (κ3) is 5.00. The molecule has 1 aromatic carbocycles. The van der Waals surface area contributed by atoms with E-state index < -0.39 is 10.2 Å². The van der Waals surface area contributed by atoms with Gasteiger partial charge in [0.2, 0.25) is 5.91 Å². The molecule has 1 saturated heterocycles. The first-order chi connectivity index (χ1) is 12.7. The molecule has 0 aliphatic carbocycles. The number of methoxy groups -OCH3 is 1. The number of amides is 1. The van der Waals surface area contributed by atoms with E-state index >= 15 is 0 Å². The molecular formula is C19H31N3O4S. The number of nitrogens with one attached hydrogen (secondary N) is 1. The molecule has 1 aliphatic heterocycles. The second-order valence-corrected chi connectivity index (χ2v) is 9.33. The Morgan fingerprint density at radius 2 is 2.11 bits per heavy atom. The normalized spacial score (nSPS) is 19.7. The molecule has 27 heavy (non-hydrogen) atoms. The summed E-state index contributed by atoms with van der Waals surface area (Å²) in [5.74, 6) is 0.396. The lowest BCUT2D eigenvalue weighted by Crippen LogP contribution is -2.49. The molecule has 2 rings (SSSR count). The van der Waals surface area contributed by atoms with Crippen LogP contribution in [0.5, 0.6) is 5.75 Å². The van der Waals surface area contributed by atoms with Crippen molar-refractivity contribution in [2.45, 2.75) is 39.2 Å². The Hall–Kier alpha value is -1.64. The van der Waals surface area contributed by atoms with Gasteiger partial charge in [0.25, 0.3) is 10.2 Å². The first-order valence-corrected chi connectivity index (χ1v) is 10.7. The second-order valence-electron chi connectivity index (χ2n) is 7.19. The lowest BCUT2D eigenvalue weighted by Gasteiger charge is -2.33. The number of benzene rings is 1. The molecule has 0 spiro atoms. The molecule has 0 saturated carbocycles. The first-order valence-electron chi connectivity index (χ1n) is 9.33. The number of hydrogen-bond acceptors (Lipinski definition) is 4. The van der Waals surface area contributed by atoms with Crippen molar-refractivity contribution in [2.75, 3.05) is 34.3 Å². The zero-order chi connectivity index (χ0) is 20.2. The molecule has 2 atom stereocenters. The Labute approximate surface area is 162 Å². The Kier molecular flexibility index (Phi) is 7.25. The van der Waals surface area contributed by atoms with Gasteiger partial charge in [-0.05, 0) is 43.4 Å². The van der Waals surface area contributed by atoms with Crippen LogP contribution in [0.25, 0.3) is 0 Å². The van der Waals surface area contributed by atoms with Crippen molar-refractivity contribution in [2.24, 2.45) is 5.92 Å². The van der Waals surface area contributed by atoms with E-state index in [-0.39, 0.29) is 24.4 Å². The molecule has 1 aliphatic rings. The highest BCUT2D eigenvalue weighted by Crippen LogP contribution is 2.26. The predicted molar refractivity (Wildman–Crippen MR) is 106 cm³/mol. The number of hydrogen-bond donors (Lipinski definition) is 1. The van der Waals surface area contributed by atoms with E-state index in [9.17, 15) is 13.2 Å². The van der Waals surface area contributed by atoms with E-state index in [2.05, 4.69) is 5.32 Å². The van der Waals surface area contributed by atoms with E-state index in [1.165, 1.54) is 22.7 Å². The molecule has 0 bridgehead atoms. The topological polar surface area (TPSA) is 79.0 Å². The molecule has 7 nitrogen and oxygen atoms in total. The van der Waals surface area contributed by atoms with Crippen molar-refractivity contribution < 1.29 is 17.9 Å². The predicted octanol–water partition coefficient (Wildman–Crippen LogP) is 2.09. The van der Waals surface area contributed by atoms with Gasteiger partial charge in [-0.2, -0.15) is 17.0 Å². The summed E-state index contributed by atoms with van der Waals surface area (Å²) in [6, 6.07) is 5.79. The van der Waals surface area contributed by atoms with Crippen LogP contribution in [0, 0.1) is 12.8 Å². The molecule has 1 heterocycles. The summed E-state index contributed by atoms with van der Waals surface area (Å²) in [5, 5.41) is 3.10. The molecule has 0 unspecified atom stereocenters. The first kappa shape index (κ1) is 21.7. The van der Waals surface area contributed by atoms with E-state index in [1.54, 1.807) is 7.11 Å². The van der Waals surface area contributed by atoms with E-state index in [1.807, 2.05) is 32.0 Å².